The maximum absolute atomic E-state index is 12.8. The number of nitrogens with zero attached hydrogens (tertiary/aromatic N) is 1. The van der Waals surface area contributed by atoms with Crippen molar-refractivity contribution in [1.82, 2.24) is 4.57 Å². The SMILES string of the molecule is Cc1cccc(=O)n1CC(=O)Nc1ccc(Cl)cc1C(=O)c1ccccc1. The Bertz CT molecular complexity index is 1060. The molecule has 3 aromatic rings. The van der Waals surface area contributed by atoms with Crippen molar-refractivity contribution in [3.05, 3.63) is 98.9 Å². The van der Waals surface area contributed by atoms with E-state index < -0.39 is 5.91 Å². The predicted molar refractivity (Wildman–Crippen MR) is 105 cm³/mol. The molecule has 2 aromatic carbocycles. The summed E-state index contributed by atoms with van der Waals surface area (Å²) < 4.78 is 1.37. The van der Waals surface area contributed by atoms with Crippen LogP contribution in [0.4, 0.5) is 5.69 Å². The number of anilines is 1. The van der Waals surface area contributed by atoms with Crippen molar-refractivity contribution in [2.75, 3.05) is 5.32 Å². The second-order valence-corrected chi connectivity index (χ2v) is 6.46. The minimum Gasteiger partial charge on any atom is -0.324 e. The smallest absolute Gasteiger partial charge is 0.251 e. The van der Waals surface area contributed by atoms with Gasteiger partial charge in [-0.1, -0.05) is 48.0 Å². The van der Waals surface area contributed by atoms with Gasteiger partial charge in [-0.2, -0.15) is 0 Å². The number of benzene rings is 2. The number of aromatic nitrogens is 1. The second-order valence-electron chi connectivity index (χ2n) is 6.02. The summed E-state index contributed by atoms with van der Waals surface area (Å²) in [6, 6.07) is 18.2. The molecule has 1 heterocycles. The highest BCUT2D eigenvalue weighted by atomic mass is 35.5. The van der Waals surface area contributed by atoms with Crippen molar-refractivity contribution in [2.24, 2.45) is 0 Å². The number of nitrogens with one attached hydrogen (secondary N) is 1. The molecule has 5 nitrogen and oxygen atoms in total. The number of amides is 1. The van der Waals surface area contributed by atoms with Gasteiger partial charge in [0.2, 0.25) is 5.91 Å². The van der Waals surface area contributed by atoms with Crippen molar-refractivity contribution >= 4 is 29.0 Å². The quantitative estimate of drug-likeness (QED) is 0.686. The third-order valence-electron chi connectivity index (χ3n) is 4.11. The van der Waals surface area contributed by atoms with Crippen LogP contribution in [-0.2, 0) is 11.3 Å². The topological polar surface area (TPSA) is 68.2 Å². The molecule has 0 aliphatic carbocycles. The molecule has 1 aromatic heterocycles. The van der Waals surface area contributed by atoms with Crippen molar-refractivity contribution in [3.8, 4) is 0 Å². The number of aryl methyl sites for hydroxylation is 1. The zero-order valence-corrected chi connectivity index (χ0v) is 15.4. The van der Waals surface area contributed by atoms with E-state index in [0.717, 1.165) is 0 Å². The van der Waals surface area contributed by atoms with Gasteiger partial charge in [0.1, 0.15) is 6.54 Å². The molecule has 27 heavy (non-hydrogen) atoms. The molecule has 0 radical (unpaired) electrons. The van der Waals surface area contributed by atoms with E-state index in [4.69, 9.17) is 11.6 Å². The normalized spacial score (nSPS) is 10.4. The van der Waals surface area contributed by atoms with Gasteiger partial charge in [-0.3, -0.25) is 14.4 Å². The molecular formula is C21H17ClN2O3. The van der Waals surface area contributed by atoms with Crippen molar-refractivity contribution in [3.63, 3.8) is 0 Å². The molecule has 136 valence electrons. The summed E-state index contributed by atoms with van der Waals surface area (Å²) in [5, 5.41) is 3.10. The van der Waals surface area contributed by atoms with Crippen molar-refractivity contribution in [2.45, 2.75) is 13.5 Å². The van der Waals surface area contributed by atoms with Crippen LogP contribution in [0.1, 0.15) is 21.6 Å². The first kappa shape index (κ1) is 18.6. The van der Waals surface area contributed by atoms with E-state index in [1.807, 2.05) is 6.07 Å². The fraction of sp³-hybridized carbons (Fsp3) is 0.0952. The number of hydrogen-bond donors (Lipinski definition) is 1. The number of carbonyl (C=O) groups is 2. The highest BCUT2D eigenvalue weighted by Gasteiger charge is 2.16. The molecule has 0 aliphatic rings. The van der Waals surface area contributed by atoms with Crippen LogP contribution in [0, 0.1) is 6.92 Å². The molecule has 0 saturated carbocycles. The number of hydrogen-bond acceptors (Lipinski definition) is 3. The molecule has 0 bridgehead atoms. The first-order valence-corrected chi connectivity index (χ1v) is 8.69. The van der Waals surface area contributed by atoms with Gasteiger partial charge < -0.3 is 9.88 Å². The average molecular weight is 381 g/mol. The first-order valence-electron chi connectivity index (χ1n) is 8.31. The van der Waals surface area contributed by atoms with Gasteiger partial charge in [-0.15, -0.1) is 0 Å². The van der Waals surface area contributed by atoms with Crippen molar-refractivity contribution in [1.29, 1.82) is 0 Å². The fourth-order valence-corrected chi connectivity index (χ4v) is 2.89. The van der Waals surface area contributed by atoms with Gasteiger partial charge in [0.05, 0.1) is 5.69 Å². The highest BCUT2D eigenvalue weighted by Crippen LogP contribution is 2.23. The zero-order chi connectivity index (χ0) is 19.4. The zero-order valence-electron chi connectivity index (χ0n) is 14.6. The summed E-state index contributed by atoms with van der Waals surface area (Å²) in [5.74, 6) is -0.655. The molecule has 0 aliphatic heterocycles. The molecule has 0 saturated heterocycles. The first-order chi connectivity index (χ1) is 13.0. The Morgan fingerprint density at radius 3 is 2.44 bits per heavy atom. The summed E-state index contributed by atoms with van der Waals surface area (Å²) in [6.45, 7) is 1.61. The predicted octanol–water partition coefficient (Wildman–Crippen LogP) is 3.68. The molecule has 0 fully saturated rings. The Labute approximate surface area is 161 Å². The lowest BCUT2D eigenvalue weighted by Gasteiger charge is -2.13. The number of carbonyl (C=O) groups excluding carboxylic acids is 2. The van der Waals surface area contributed by atoms with E-state index in [2.05, 4.69) is 5.32 Å². The monoisotopic (exact) mass is 380 g/mol. The Hall–Kier alpha value is -3.18. The Kier molecular flexibility index (Phi) is 5.52. The number of ketones is 1. The van der Waals surface area contributed by atoms with Gasteiger partial charge >= 0.3 is 0 Å². The van der Waals surface area contributed by atoms with E-state index in [-0.39, 0.29) is 17.9 Å². The second kappa shape index (κ2) is 8.01. The number of pyridine rings is 1. The van der Waals surface area contributed by atoms with Crippen molar-refractivity contribution < 1.29 is 9.59 Å². The maximum Gasteiger partial charge on any atom is 0.251 e. The summed E-state index contributed by atoms with van der Waals surface area (Å²) >= 11 is 6.05. The minimum absolute atomic E-state index is 0.146. The number of rotatable bonds is 5. The highest BCUT2D eigenvalue weighted by molar-refractivity contribution is 6.31. The lowest BCUT2D eigenvalue weighted by molar-refractivity contribution is -0.116. The van der Waals surface area contributed by atoms with Crippen LogP contribution < -0.4 is 10.9 Å². The van der Waals surface area contributed by atoms with E-state index in [1.165, 1.54) is 16.7 Å². The molecule has 0 spiro atoms. The molecule has 0 atom stereocenters. The number of halogens is 1. The van der Waals surface area contributed by atoms with Crippen LogP contribution in [0.5, 0.6) is 0 Å². The van der Waals surface area contributed by atoms with E-state index >= 15 is 0 Å². The summed E-state index contributed by atoms with van der Waals surface area (Å²) in [7, 11) is 0. The van der Waals surface area contributed by atoms with E-state index in [9.17, 15) is 14.4 Å². The third-order valence-corrected chi connectivity index (χ3v) is 4.34. The molecular weight excluding hydrogens is 364 g/mol. The van der Waals surface area contributed by atoms with Crippen LogP contribution in [-0.4, -0.2) is 16.3 Å². The van der Waals surface area contributed by atoms with Crippen LogP contribution in [0.2, 0.25) is 5.02 Å². The molecule has 3 rings (SSSR count). The summed E-state index contributed by atoms with van der Waals surface area (Å²) in [5.41, 5.74) is 1.54. The molecule has 1 N–H and O–H groups in total. The fourth-order valence-electron chi connectivity index (χ4n) is 2.72. The molecule has 1 amide bonds. The van der Waals surface area contributed by atoms with Gasteiger partial charge in [0, 0.05) is 27.9 Å². The van der Waals surface area contributed by atoms with Gasteiger partial charge in [0.15, 0.2) is 5.78 Å². The standard InChI is InChI=1S/C21H17ClN2O3/c1-14-6-5-9-20(26)24(14)13-19(25)23-18-11-10-16(22)12-17(18)21(27)15-7-3-2-4-8-15/h2-12H,13H2,1H3,(H,23,25). The van der Waals surface area contributed by atoms with E-state index in [1.54, 1.807) is 55.5 Å². The maximum atomic E-state index is 12.8. The summed E-state index contributed by atoms with van der Waals surface area (Å²) in [4.78, 5) is 37.2. The van der Waals surface area contributed by atoms with Gasteiger partial charge in [0.25, 0.3) is 5.56 Å². The summed E-state index contributed by atoms with van der Waals surface area (Å²) in [6.07, 6.45) is 0. The molecule has 6 heteroatoms. The van der Waals surface area contributed by atoms with Gasteiger partial charge in [-0.05, 0) is 31.2 Å². The van der Waals surface area contributed by atoms with E-state index in [0.29, 0.717) is 27.5 Å². The van der Waals surface area contributed by atoms with Crippen LogP contribution in [0.3, 0.4) is 0 Å². The lowest BCUT2D eigenvalue weighted by atomic mass is 10.0. The van der Waals surface area contributed by atoms with Gasteiger partial charge in [-0.25, -0.2) is 0 Å². The molecule has 0 unspecified atom stereocenters. The lowest BCUT2D eigenvalue weighted by Crippen LogP contribution is -2.28. The average Bonchev–Trinajstić information content (AvgIpc) is 2.66. The minimum atomic E-state index is -0.407. The Morgan fingerprint density at radius 2 is 1.74 bits per heavy atom. The van der Waals surface area contributed by atoms with Crippen LogP contribution in [0.25, 0.3) is 0 Å². The van der Waals surface area contributed by atoms with Crippen LogP contribution in [0.15, 0.2) is 71.5 Å². The Balaban J connectivity index is 1.88. The Morgan fingerprint density at radius 1 is 1.00 bits per heavy atom. The largest absolute Gasteiger partial charge is 0.324 e. The third kappa shape index (κ3) is 4.33. The van der Waals surface area contributed by atoms with Crippen LogP contribution >= 0.6 is 11.6 Å².